The van der Waals surface area contributed by atoms with E-state index in [2.05, 4.69) is 25.5 Å². The van der Waals surface area contributed by atoms with E-state index in [0.29, 0.717) is 22.4 Å². The van der Waals surface area contributed by atoms with Crippen LogP contribution in [0.2, 0.25) is 0 Å². The van der Waals surface area contributed by atoms with Gasteiger partial charge in [0.25, 0.3) is 5.91 Å². The molecule has 0 aliphatic heterocycles. The maximum absolute atomic E-state index is 12.9. The number of hydrogen-bond donors (Lipinski definition) is 2. The molecule has 0 aliphatic rings. The summed E-state index contributed by atoms with van der Waals surface area (Å²) >= 11 is 1.46. The highest BCUT2D eigenvalue weighted by Gasteiger charge is 2.19. The summed E-state index contributed by atoms with van der Waals surface area (Å²) in [5, 5.41) is 10.4. The summed E-state index contributed by atoms with van der Waals surface area (Å²) in [7, 11) is 1.59. The Morgan fingerprint density at radius 2 is 1.90 bits per heavy atom. The van der Waals surface area contributed by atoms with Crippen molar-refractivity contribution < 1.29 is 9.53 Å². The third-order valence-corrected chi connectivity index (χ3v) is 4.89. The summed E-state index contributed by atoms with van der Waals surface area (Å²) in [6.07, 6.45) is 3.46. The summed E-state index contributed by atoms with van der Waals surface area (Å²) in [5.74, 6) is 0.974. The number of amides is 1. The van der Waals surface area contributed by atoms with Gasteiger partial charge in [-0.2, -0.15) is 4.98 Å². The van der Waals surface area contributed by atoms with Gasteiger partial charge in [-0.3, -0.25) is 19.8 Å². The minimum absolute atomic E-state index is 0.169. The molecule has 0 radical (unpaired) electrons. The molecule has 29 heavy (non-hydrogen) atoms. The van der Waals surface area contributed by atoms with E-state index in [9.17, 15) is 4.79 Å². The van der Waals surface area contributed by atoms with Crippen LogP contribution in [-0.2, 0) is 0 Å². The molecule has 1 amide bonds. The Bertz CT molecular complexity index is 1140. The Balaban J connectivity index is 1.62. The number of benzene rings is 2. The number of carbonyl (C=O) groups is 1. The van der Waals surface area contributed by atoms with Gasteiger partial charge in [0.05, 0.1) is 18.9 Å². The third kappa shape index (κ3) is 3.72. The second kappa shape index (κ2) is 8.19. The molecule has 9 heteroatoms. The van der Waals surface area contributed by atoms with Crippen LogP contribution in [0, 0.1) is 0 Å². The van der Waals surface area contributed by atoms with Crippen molar-refractivity contribution >= 4 is 23.6 Å². The minimum atomic E-state index is -0.354. The number of ether oxygens (including phenoxy) is 1. The van der Waals surface area contributed by atoms with Crippen LogP contribution in [0.15, 0.2) is 66.0 Å². The van der Waals surface area contributed by atoms with E-state index in [4.69, 9.17) is 4.74 Å². The predicted octanol–water partition coefficient (Wildman–Crippen LogP) is 3.64. The van der Waals surface area contributed by atoms with Crippen molar-refractivity contribution in [1.82, 2.24) is 24.7 Å². The molecule has 0 bridgehead atoms. The fourth-order valence-corrected chi connectivity index (χ4v) is 3.45. The molecule has 0 fully saturated rings. The average Bonchev–Trinajstić information content (AvgIpc) is 3.41. The van der Waals surface area contributed by atoms with Crippen molar-refractivity contribution in [2.75, 3.05) is 18.7 Å². The van der Waals surface area contributed by atoms with Gasteiger partial charge in [0.1, 0.15) is 11.4 Å². The van der Waals surface area contributed by atoms with Gasteiger partial charge in [-0.15, -0.1) is 5.10 Å². The number of carbonyl (C=O) groups excluding carboxylic acids is 1. The van der Waals surface area contributed by atoms with Crippen LogP contribution < -0.4 is 10.1 Å². The van der Waals surface area contributed by atoms with Gasteiger partial charge in [-0.05, 0) is 30.5 Å². The topological polar surface area (TPSA) is 97.7 Å². The third-order valence-electron chi connectivity index (χ3n) is 4.23. The lowest BCUT2D eigenvalue weighted by Crippen LogP contribution is -2.17. The first-order chi connectivity index (χ1) is 14.2. The Morgan fingerprint density at radius 1 is 1.14 bits per heavy atom. The lowest BCUT2D eigenvalue weighted by molar-refractivity contribution is 0.101. The van der Waals surface area contributed by atoms with E-state index < -0.39 is 0 Å². The number of thioether (sulfide) groups is 1. The number of imidazole rings is 1. The fourth-order valence-electron chi connectivity index (χ4n) is 2.91. The molecule has 2 aromatic heterocycles. The van der Waals surface area contributed by atoms with Crippen LogP contribution in [0.1, 0.15) is 10.5 Å². The zero-order valence-corrected chi connectivity index (χ0v) is 16.6. The van der Waals surface area contributed by atoms with Crippen molar-refractivity contribution in [2.45, 2.75) is 5.16 Å². The van der Waals surface area contributed by atoms with Gasteiger partial charge in [0.2, 0.25) is 5.95 Å². The number of aromatic nitrogens is 5. The summed E-state index contributed by atoms with van der Waals surface area (Å²) < 4.78 is 7.15. The van der Waals surface area contributed by atoms with Crippen molar-refractivity contribution in [1.29, 1.82) is 0 Å². The summed E-state index contributed by atoms with van der Waals surface area (Å²) in [4.78, 5) is 21.6. The number of methoxy groups -OCH3 is 1. The van der Waals surface area contributed by atoms with Crippen molar-refractivity contribution in [2.24, 2.45) is 0 Å². The number of nitrogens with one attached hydrogen (secondary N) is 2. The Hall–Kier alpha value is -3.59. The minimum Gasteiger partial charge on any atom is -0.496 e. The van der Waals surface area contributed by atoms with E-state index in [0.717, 1.165) is 11.3 Å². The fraction of sp³-hybridized carbons (Fsp3) is 0.100. The number of H-pyrrole nitrogens is 1. The van der Waals surface area contributed by atoms with Gasteiger partial charge >= 0.3 is 0 Å². The second-order valence-corrected chi connectivity index (χ2v) is 6.74. The van der Waals surface area contributed by atoms with Crippen LogP contribution in [0.25, 0.3) is 17.1 Å². The summed E-state index contributed by atoms with van der Waals surface area (Å²) in [6, 6.07) is 17.0. The van der Waals surface area contributed by atoms with E-state index in [1.54, 1.807) is 17.9 Å². The van der Waals surface area contributed by atoms with Crippen LogP contribution >= 0.6 is 11.8 Å². The SMILES string of the molecule is COc1ccccc1-c1nc(NC(=O)c2cnc(SC)n2-c2ccccc2)n[nH]1. The number of aromatic amines is 1. The molecular formula is C20H18N6O2S. The number of hydrogen-bond acceptors (Lipinski definition) is 6. The Morgan fingerprint density at radius 3 is 2.66 bits per heavy atom. The first kappa shape index (κ1) is 18.8. The van der Waals surface area contributed by atoms with Crippen LogP contribution in [-0.4, -0.2) is 44.0 Å². The van der Waals surface area contributed by atoms with E-state index in [-0.39, 0.29) is 11.9 Å². The molecule has 0 spiro atoms. The number of anilines is 1. The van der Waals surface area contributed by atoms with Crippen LogP contribution in [0.3, 0.4) is 0 Å². The Kier molecular flexibility index (Phi) is 5.30. The maximum atomic E-state index is 12.9. The molecule has 2 N–H and O–H groups in total. The lowest BCUT2D eigenvalue weighted by atomic mass is 10.2. The second-order valence-electron chi connectivity index (χ2n) is 5.96. The molecule has 0 saturated heterocycles. The molecule has 146 valence electrons. The number of nitrogens with zero attached hydrogens (tertiary/aromatic N) is 4. The first-order valence-corrected chi connectivity index (χ1v) is 9.98. The van der Waals surface area contributed by atoms with Crippen molar-refractivity contribution in [3.63, 3.8) is 0 Å². The average molecular weight is 406 g/mol. The number of rotatable bonds is 6. The van der Waals surface area contributed by atoms with Gasteiger partial charge in [0.15, 0.2) is 11.0 Å². The first-order valence-electron chi connectivity index (χ1n) is 8.75. The van der Waals surface area contributed by atoms with Gasteiger partial charge < -0.3 is 4.74 Å². The molecule has 4 rings (SSSR count). The molecule has 0 saturated carbocycles. The molecular weight excluding hydrogens is 388 g/mol. The monoisotopic (exact) mass is 406 g/mol. The van der Waals surface area contributed by atoms with Gasteiger partial charge in [-0.1, -0.05) is 42.1 Å². The maximum Gasteiger partial charge on any atom is 0.276 e. The largest absolute Gasteiger partial charge is 0.496 e. The number of para-hydroxylation sites is 2. The van der Waals surface area contributed by atoms with Gasteiger partial charge in [-0.25, -0.2) is 4.98 Å². The standard InChI is InChI=1S/C20H18N6O2S/c1-28-16-11-7-6-10-14(16)17-22-19(25-24-17)23-18(27)15-12-21-20(29-2)26(15)13-8-4-3-5-9-13/h3-12H,1-2H3,(H2,22,23,24,25,27). The molecule has 4 aromatic rings. The molecule has 0 aliphatic carbocycles. The van der Waals surface area contributed by atoms with E-state index in [1.807, 2.05) is 60.9 Å². The quantitative estimate of drug-likeness (QED) is 0.475. The van der Waals surface area contributed by atoms with E-state index in [1.165, 1.54) is 11.8 Å². The molecule has 0 unspecified atom stereocenters. The zero-order chi connectivity index (χ0) is 20.2. The molecule has 2 aromatic carbocycles. The summed E-state index contributed by atoms with van der Waals surface area (Å²) in [5.41, 5.74) is 2.00. The molecule has 0 atom stereocenters. The zero-order valence-electron chi connectivity index (χ0n) is 15.8. The highest BCUT2D eigenvalue weighted by Crippen LogP contribution is 2.27. The Labute approximate surface area is 171 Å². The van der Waals surface area contributed by atoms with Crippen LogP contribution in [0.5, 0.6) is 5.75 Å². The van der Waals surface area contributed by atoms with E-state index >= 15 is 0 Å². The smallest absolute Gasteiger partial charge is 0.276 e. The predicted molar refractivity (Wildman–Crippen MR) is 112 cm³/mol. The summed E-state index contributed by atoms with van der Waals surface area (Å²) in [6.45, 7) is 0. The lowest BCUT2D eigenvalue weighted by Gasteiger charge is -2.10. The highest BCUT2D eigenvalue weighted by molar-refractivity contribution is 7.98. The van der Waals surface area contributed by atoms with Crippen LogP contribution in [0.4, 0.5) is 5.95 Å². The van der Waals surface area contributed by atoms with Crippen molar-refractivity contribution in [3.05, 3.63) is 66.5 Å². The highest BCUT2D eigenvalue weighted by atomic mass is 32.2. The molecule has 8 nitrogen and oxygen atoms in total. The molecule has 2 heterocycles. The normalized spacial score (nSPS) is 10.7. The van der Waals surface area contributed by atoms with Crippen molar-refractivity contribution in [3.8, 4) is 22.8 Å². The van der Waals surface area contributed by atoms with Gasteiger partial charge in [0, 0.05) is 5.69 Å².